The highest BCUT2D eigenvalue weighted by Crippen LogP contribution is 2.17. The van der Waals surface area contributed by atoms with Crippen molar-refractivity contribution in [2.24, 2.45) is 5.92 Å². The van der Waals surface area contributed by atoms with Gasteiger partial charge in [-0.2, -0.15) is 0 Å². The van der Waals surface area contributed by atoms with Crippen LogP contribution in [-0.4, -0.2) is 28.0 Å². The monoisotopic (exact) mass is 286 g/mol. The zero-order valence-electron chi connectivity index (χ0n) is 12.0. The molecule has 0 aliphatic rings. The number of nitrogens with zero attached hydrogens (tertiary/aromatic N) is 1. The normalized spacial score (nSPS) is 13.6. The Morgan fingerprint density at radius 1 is 1.29 bits per heavy atom. The van der Waals surface area contributed by atoms with Gasteiger partial charge in [0.25, 0.3) is 5.91 Å². The van der Waals surface area contributed by atoms with Gasteiger partial charge in [0.05, 0.1) is 5.52 Å². The molecule has 110 valence electrons. The molecule has 0 bridgehead atoms. The SMILES string of the molecule is CCC(C)[C@H](NC(=O)c1cccc2ncccc12)C(=O)O. The summed E-state index contributed by atoms with van der Waals surface area (Å²) in [5.41, 5.74) is 1.15. The van der Waals surface area contributed by atoms with Gasteiger partial charge in [-0.1, -0.05) is 32.4 Å². The van der Waals surface area contributed by atoms with Crippen LogP contribution in [0.1, 0.15) is 30.6 Å². The average molecular weight is 286 g/mol. The highest BCUT2D eigenvalue weighted by molar-refractivity contribution is 6.07. The number of rotatable bonds is 5. The number of aromatic nitrogens is 1. The zero-order chi connectivity index (χ0) is 15.4. The summed E-state index contributed by atoms with van der Waals surface area (Å²) in [4.78, 5) is 27.9. The quantitative estimate of drug-likeness (QED) is 0.885. The second kappa shape index (κ2) is 6.35. The number of benzene rings is 1. The number of hydrogen-bond donors (Lipinski definition) is 2. The van der Waals surface area contributed by atoms with Crippen molar-refractivity contribution in [1.29, 1.82) is 0 Å². The lowest BCUT2D eigenvalue weighted by Crippen LogP contribution is -2.45. The van der Waals surface area contributed by atoms with Crippen molar-refractivity contribution >= 4 is 22.8 Å². The summed E-state index contributed by atoms with van der Waals surface area (Å²) in [7, 11) is 0. The lowest BCUT2D eigenvalue weighted by molar-refractivity contribution is -0.140. The highest BCUT2D eigenvalue weighted by Gasteiger charge is 2.26. The van der Waals surface area contributed by atoms with Gasteiger partial charge < -0.3 is 10.4 Å². The van der Waals surface area contributed by atoms with Crippen LogP contribution in [0.3, 0.4) is 0 Å². The molecule has 0 aliphatic carbocycles. The van der Waals surface area contributed by atoms with E-state index in [1.54, 1.807) is 30.5 Å². The molecule has 2 aromatic rings. The van der Waals surface area contributed by atoms with E-state index >= 15 is 0 Å². The van der Waals surface area contributed by atoms with Crippen LogP contribution >= 0.6 is 0 Å². The second-order valence-corrected chi connectivity index (χ2v) is 5.05. The number of aliphatic carboxylic acids is 1. The molecule has 0 spiro atoms. The Balaban J connectivity index is 2.32. The Morgan fingerprint density at radius 3 is 2.71 bits per heavy atom. The summed E-state index contributed by atoms with van der Waals surface area (Å²) in [5, 5.41) is 12.6. The second-order valence-electron chi connectivity index (χ2n) is 5.05. The maximum Gasteiger partial charge on any atom is 0.326 e. The Morgan fingerprint density at radius 2 is 2.05 bits per heavy atom. The molecule has 5 nitrogen and oxygen atoms in total. The number of pyridine rings is 1. The minimum absolute atomic E-state index is 0.139. The topological polar surface area (TPSA) is 79.3 Å². The molecule has 1 aromatic heterocycles. The van der Waals surface area contributed by atoms with Crippen molar-refractivity contribution in [3.8, 4) is 0 Å². The third kappa shape index (κ3) is 3.18. The Hall–Kier alpha value is -2.43. The molecule has 1 unspecified atom stereocenters. The third-order valence-corrected chi connectivity index (χ3v) is 3.66. The lowest BCUT2D eigenvalue weighted by atomic mass is 9.98. The predicted molar refractivity (Wildman–Crippen MR) is 80.1 cm³/mol. The van der Waals surface area contributed by atoms with Crippen molar-refractivity contribution in [2.45, 2.75) is 26.3 Å². The van der Waals surface area contributed by atoms with Crippen LogP contribution in [0.25, 0.3) is 10.9 Å². The largest absolute Gasteiger partial charge is 0.480 e. The molecule has 0 saturated heterocycles. The van der Waals surface area contributed by atoms with Crippen molar-refractivity contribution in [3.63, 3.8) is 0 Å². The third-order valence-electron chi connectivity index (χ3n) is 3.66. The first-order valence-electron chi connectivity index (χ1n) is 6.92. The zero-order valence-corrected chi connectivity index (χ0v) is 12.0. The first kappa shape index (κ1) is 15.0. The molecule has 5 heteroatoms. The van der Waals surface area contributed by atoms with E-state index in [2.05, 4.69) is 10.3 Å². The molecule has 0 saturated carbocycles. The first-order valence-corrected chi connectivity index (χ1v) is 6.92. The molecule has 0 fully saturated rings. The van der Waals surface area contributed by atoms with Crippen molar-refractivity contribution < 1.29 is 14.7 Å². The van der Waals surface area contributed by atoms with E-state index < -0.39 is 12.0 Å². The maximum absolute atomic E-state index is 12.4. The van der Waals surface area contributed by atoms with Crippen LogP contribution < -0.4 is 5.32 Å². The Bertz CT molecular complexity index is 664. The fourth-order valence-corrected chi connectivity index (χ4v) is 2.20. The van der Waals surface area contributed by atoms with E-state index in [1.807, 2.05) is 19.9 Å². The standard InChI is InChI=1S/C16H18N2O3/c1-3-10(2)14(16(20)21)18-15(19)12-6-4-8-13-11(12)7-5-9-17-13/h4-10,14H,3H2,1-2H3,(H,18,19)(H,20,21)/t10?,14-/m0/s1. The van der Waals surface area contributed by atoms with E-state index in [1.165, 1.54) is 0 Å². The Kier molecular flexibility index (Phi) is 4.52. The number of hydrogen-bond acceptors (Lipinski definition) is 3. The molecule has 2 rings (SSSR count). The highest BCUT2D eigenvalue weighted by atomic mass is 16.4. The van der Waals surface area contributed by atoms with Gasteiger partial charge in [0.15, 0.2) is 0 Å². The molecule has 2 atom stereocenters. The van der Waals surface area contributed by atoms with Crippen LogP contribution in [0.2, 0.25) is 0 Å². The molecule has 1 amide bonds. The Labute approximate surface area is 123 Å². The van der Waals surface area contributed by atoms with Gasteiger partial charge in [-0.05, 0) is 24.1 Å². The van der Waals surface area contributed by atoms with Crippen LogP contribution in [-0.2, 0) is 4.79 Å². The molecule has 0 radical (unpaired) electrons. The molecule has 0 aliphatic heterocycles. The van der Waals surface area contributed by atoms with Crippen LogP contribution in [0.15, 0.2) is 36.5 Å². The number of carbonyl (C=O) groups excluding carboxylic acids is 1. The molecular weight excluding hydrogens is 268 g/mol. The number of carboxylic acid groups (broad SMARTS) is 1. The fraction of sp³-hybridized carbons (Fsp3) is 0.312. The smallest absolute Gasteiger partial charge is 0.326 e. The predicted octanol–water partition coefficient (Wildman–Crippen LogP) is 2.46. The average Bonchev–Trinajstić information content (AvgIpc) is 2.50. The molecule has 1 heterocycles. The number of fused-ring (bicyclic) bond motifs is 1. The van der Waals surface area contributed by atoms with Gasteiger partial charge in [0.2, 0.25) is 0 Å². The number of amides is 1. The number of carbonyl (C=O) groups is 2. The number of carboxylic acids is 1. The summed E-state index contributed by atoms with van der Waals surface area (Å²) >= 11 is 0. The van der Waals surface area contributed by atoms with Crippen molar-refractivity contribution in [3.05, 3.63) is 42.1 Å². The van der Waals surface area contributed by atoms with E-state index in [0.29, 0.717) is 22.9 Å². The van der Waals surface area contributed by atoms with E-state index in [-0.39, 0.29) is 11.8 Å². The van der Waals surface area contributed by atoms with Crippen LogP contribution in [0, 0.1) is 5.92 Å². The summed E-state index contributed by atoms with van der Waals surface area (Å²) in [6.45, 7) is 3.71. The molecule has 1 aromatic carbocycles. The van der Waals surface area contributed by atoms with E-state index in [4.69, 9.17) is 0 Å². The van der Waals surface area contributed by atoms with Crippen LogP contribution in [0.5, 0.6) is 0 Å². The van der Waals surface area contributed by atoms with Gasteiger partial charge in [-0.3, -0.25) is 9.78 Å². The van der Waals surface area contributed by atoms with Crippen LogP contribution in [0.4, 0.5) is 0 Å². The minimum Gasteiger partial charge on any atom is -0.480 e. The van der Waals surface area contributed by atoms with Gasteiger partial charge in [-0.25, -0.2) is 4.79 Å². The molecule has 21 heavy (non-hydrogen) atoms. The first-order chi connectivity index (χ1) is 10.0. The van der Waals surface area contributed by atoms with Gasteiger partial charge in [-0.15, -0.1) is 0 Å². The lowest BCUT2D eigenvalue weighted by Gasteiger charge is -2.20. The molecular formula is C16H18N2O3. The van der Waals surface area contributed by atoms with E-state index in [9.17, 15) is 14.7 Å². The maximum atomic E-state index is 12.4. The molecule has 2 N–H and O–H groups in total. The fourth-order valence-electron chi connectivity index (χ4n) is 2.20. The summed E-state index contributed by atoms with van der Waals surface area (Å²) in [6, 6.07) is 7.89. The summed E-state index contributed by atoms with van der Waals surface area (Å²) < 4.78 is 0. The minimum atomic E-state index is -1.02. The number of nitrogens with one attached hydrogen (secondary N) is 1. The van der Waals surface area contributed by atoms with Gasteiger partial charge >= 0.3 is 5.97 Å². The van der Waals surface area contributed by atoms with Crippen molar-refractivity contribution in [1.82, 2.24) is 10.3 Å². The van der Waals surface area contributed by atoms with Gasteiger partial charge in [0, 0.05) is 17.1 Å². The summed E-state index contributed by atoms with van der Waals surface area (Å²) in [6.07, 6.45) is 2.33. The summed E-state index contributed by atoms with van der Waals surface area (Å²) in [5.74, 6) is -1.54. The van der Waals surface area contributed by atoms with Gasteiger partial charge in [0.1, 0.15) is 6.04 Å². The van der Waals surface area contributed by atoms with Crippen molar-refractivity contribution in [2.75, 3.05) is 0 Å². The van der Waals surface area contributed by atoms with E-state index in [0.717, 1.165) is 0 Å².